The monoisotopic (exact) mass is 422 g/mol. The predicted molar refractivity (Wildman–Crippen MR) is 120 cm³/mol. The number of hydrogen-bond acceptors (Lipinski definition) is 6. The number of piperazine rings is 1. The number of carbonyl (C=O) groups is 1. The van der Waals surface area contributed by atoms with Gasteiger partial charge >= 0.3 is 5.69 Å². The van der Waals surface area contributed by atoms with E-state index >= 15 is 0 Å². The first-order valence-electron chi connectivity index (χ1n) is 10.2. The molecular weight excluding hydrogens is 396 g/mol. The van der Waals surface area contributed by atoms with E-state index in [4.69, 9.17) is 0 Å². The Hall–Kier alpha value is -3.46. The Morgan fingerprint density at radius 3 is 2.42 bits per heavy atom. The van der Waals surface area contributed by atoms with Crippen LogP contribution in [0.3, 0.4) is 0 Å². The number of nitrogens with zero attached hydrogens (tertiary/aromatic N) is 5. The van der Waals surface area contributed by atoms with E-state index in [1.807, 2.05) is 18.2 Å². The number of carbonyl (C=O) groups excluding carboxylic acids is 1. The Morgan fingerprint density at radius 1 is 0.968 bits per heavy atom. The van der Waals surface area contributed by atoms with Crippen LogP contribution < -0.4 is 21.5 Å². The molecule has 0 unspecified atom stereocenters. The molecule has 0 atom stereocenters. The van der Waals surface area contributed by atoms with Gasteiger partial charge in [0.05, 0.1) is 5.39 Å². The lowest BCUT2D eigenvalue weighted by atomic mass is 10.1. The van der Waals surface area contributed by atoms with E-state index in [-0.39, 0.29) is 17.2 Å². The SMILES string of the molecule is CN1CCN(c2ccccc2CNC(=O)c2ccc3c(=O)n(C)c(=O)n(C)c3n2)CC1. The van der Waals surface area contributed by atoms with Crippen LogP contribution in [0.4, 0.5) is 5.69 Å². The molecule has 162 valence electrons. The van der Waals surface area contributed by atoms with Gasteiger partial charge in [0.1, 0.15) is 11.3 Å². The molecule has 0 bridgehead atoms. The van der Waals surface area contributed by atoms with Crippen LogP contribution in [0.25, 0.3) is 11.0 Å². The van der Waals surface area contributed by atoms with Gasteiger partial charge in [-0.1, -0.05) is 18.2 Å². The highest BCUT2D eigenvalue weighted by molar-refractivity contribution is 5.94. The molecule has 1 aliphatic rings. The quantitative estimate of drug-likeness (QED) is 0.651. The van der Waals surface area contributed by atoms with Gasteiger partial charge in [-0.25, -0.2) is 9.78 Å². The highest BCUT2D eigenvalue weighted by atomic mass is 16.2. The van der Waals surface area contributed by atoms with Crippen molar-refractivity contribution in [2.45, 2.75) is 6.54 Å². The van der Waals surface area contributed by atoms with Crippen molar-refractivity contribution in [2.75, 3.05) is 38.1 Å². The third-order valence-electron chi connectivity index (χ3n) is 5.81. The van der Waals surface area contributed by atoms with Crippen LogP contribution in [0.2, 0.25) is 0 Å². The Bertz CT molecular complexity index is 1250. The second-order valence-electron chi connectivity index (χ2n) is 7.88. The van der Waals surface area contributed by atoms with E-state index < -0.39 is 11.2 Å². The van der Waals surface area contributed by atoms with E-state index in [9.17, 15) is 14.4 Å². The van der Waals surface area contributed by atoms with Crippen LogP contribution in [-0.4, -0.2) is 58.2 Å². The van der Waals surface area contributed by atoms with Gasteiger partial charge in [-0.3, -0.25) is 18.7 Å². The number of hydrogen-bond donors (Lipinski definition) is 1. The van der Waals surface area contributed by atoms with Crippen LogP contribution in [0.5, 0.6) is 0 Å². The summed E-state index contributed by atoms with van der Waals surface area (Å²) in [5, 5.41) is 3.21. The summed E-state index contributed by atoms with van der Waals surface area (Å²) in [4.78, 5) is 46.2. The average Bonchev–Trinajstić information content (AvgIpc) is 2.80. The van der Waals surface area contributed by atoms with Gasteiger partial charge in [0.15, 0.2) is 0 Å². The van der Waals surface area contributed by atoms with Gasteiger partial charge in [-0.2, -0.15) is 0 Å². The number of benzene rings is 1. The molecular formula is C22H26N6O3. The molecule has 0 aliphatic carbocycles. The molecule has 1 fully saturated rings. The minimum absolute atomic E-state index is 0.160. The van der Waals surface area contributed by atoms with Gasteiger partial charge in [0.25, 0.3) is 11.5 Å². The van der Waals surface area contributed by atoms with Crippen LogP contribution >= 0.6 is 0 Å². The van der Waals surface area contributed by atoms with E-state index in [1.165, 1.54) is 30.8 Å². The zero-order valence-corrected chi connectivity index (χ0v) is 18.0. The first-order chi connectivity index (χ1) is 14.9. The third kappa shape index (κ3) is 3.96. The molecule has 9 heteroatoms. The lowest BCUT2D eigenvalue weighted by molar-refractivity contribution is 0.0946. The molecule has 1 saturated heterocycles. The fourth-order valence-electron chi connectivity index (χ4n) is 3.86. The van der Waals surface area contributed by atoms with Gasteiger partial charge in [-0.05, 0) is 30.8 Å². The molecule has 2 aromatic heterocycles. The summed E-state index contributed by atoms with van der Waals surface area (Å²) in [7, 11) is 5.07. The topological polar surface area (TPSA) is 92.5 Å². The second-order valence-corrected chi connectivity index (χ2v) is 7.88. The second kappa shape index (κ2) is 8.35. The lowest BCUT2D eigenvalue weighted by Crippen LogP contribution is -2.45. The van der Waals surface area contributed by atoms with Crippen molar-refractivity contribution in [1.82, 2.24) is 24.3 Å². The van der Waals surface area contributed by atoms with E-state index in [2.05, 4.69) is 33.2 Å². The third-order valence-corrected chi connectivity index (χ3v) is 5.81. The molecule has 1 aromatic carbocycles. The number of likely N-dealkylation sites (N-methyl/N-ethyl adjacent to an activating group) is 1. The maximum atomic E-state index is 12.8. The summed E-state index contributed by atoms with van der Waals surface area (Å²) in [5.74, 6) is -0.358. The first kappa shape index (κ1) is 20.8. The van der Waals surface area contributed by atoms with Crippen LogP contribution in [0.1, 0.15) is 16.1 Å². The average molecular weight is 422 g/mol. The number of amides is 1. The zero-order valence-electron chi connectivity index (χ0n) is 18.0. The van der Waals surface area contributed by atoms with Crippen LogP contribution in [-0.2, 0) is 20.6 Å². The molecule has 1 amide bonds. The molecule has 1 N–H and O–H groups in total. The standard InChI is InChI=1S/C22H26N6O3/c1-25-10-12-28(13-11-25)18-7-5-4-6-15(18)14-23-20(29)17-9-8-16-19(24-17)26(2)22(31)27(3)21(16)30/h4-9H,10-14H2,1-3H3,(H,23,29). The normalized spacial score (nSPS) is 14.7. The van der Waals surface area contributed by atoms with E-state index in [1.54, 1.807) is 0 Å². The van der Waals surface area contributed by atoms with Crippen molar-refractivity contribution in [2.24, 2.45) is 14.1 Å². The van der Waals surface area contributed by atoms with Crippen LogP contribution in [0, 0.1) is 0 Å². The lowest BCUT2D eigenvalue weighted by Gasteiger charge is -2.35. The zero-order chi connectivity index (χ0) is 22.1. The Morgan fingerprint density at radius 2 is 1.68 bits per heavy atom. The summed E-state index contributed by atoms with van der Waals surface area (Å²) in [6.45, 7) is 4.24. The number of aromatic nitrogens is 3. The molecule has 0 saturated carbocycles. The molecule has 31 heavy (non-hydrogen) atoms. The van der Waals surface area contributed by atoms with Crippen molar-refractivity contribution in [3.05, 3.63) is 68.5 Å². The Labute approximate surface area is 179 Å². The number of aryl methyl sites for hydroxylation is 1. The highest BCUT2D eigenvalue weighted by Crippen LogP contribution is 2.21. The molecule has 3 heterocycles. The maximum Gasteiger partial charge on any atom is 0.332 e. The largest absolute Gasteiger partial charge is 0.369 e. The molecule has 4 rings (SSSR count). The number of para-hydroxylation sites is 1. The molecule has 3 aromatic rings. The molecule has 9 nitrogen and oxygen atoms in total. The van der Waals surface area contributed by atoms with E-state index in [0.717, 1.165) is 42.0 Å². The van der Waals surface area contributed by atoms with Gasteiger partial charge in [0, 0.05) is 52.5 Å². The number of fused-ring (bicyclic) bond motifs is 1. The summed E-state index contributed by atoms with van der Waals surface area (Å²) < 4.78 is 2.30. The van der Waals surface area contributed by atoms with Gasteiger partial charge in [-0.15, -0.1) is 0 Å². The summed E-state index contributed by atoms with van der Waals surface area (Å²) >= 11 is 0. The van der Waals surface area contributed by atoms with Crippen molar-refractivity contribution in [3.8, 4) is 0 Å². The number of anilines is 1. The minimum atomic E-state index is -0.483. The van der Waals surface area contributed by atoms with Gasteiger partial charge < -0.3 is 15.1 Å². The van der Waals surface area contributed by atoms with E-state index in [0.29, 0.717) is 11.9 Å². The van der Waals surface area contributed by atoms with Crippen molar-refractivity contribution < 1.29 is 4.79 Å². The fraction of sp³-hybridized carbons (Fsp3) is 0.364. The van der Waals surface area contributed by atoms with Crippen molar-refractivity contribution in [3.63, 3.8) is 0 Å². The minimum Gasteiger partial charge on any atom is -0.369 e. The highest BCUT2D eigenvalue weighted by Gasteiger charge is 2.18. The van der Waals surface area contributed by atoms with Crippen LogP contribution in [0.15, 0.2) is 46.0 Å². The predicted octanol–water partition coefficient (Wildman–Crippen LogP) is 0.314. The smallest absolute Gasteiger partial charge is 0.332 e. The summed E-state index contributed by atoms with van der Waals surface area (Å²) in [6, 6.07) is 11.1. The summed E-state index contributed by atoms with van der Waals surface area (Å²) in [6.07, 6.45) is 0. The Balaban J connectivity index is 1.56. The van der Waals surface area contributed by atoms with Crippen molar-refractivity contribution in [1.29, 1.82) is 0 Å². The maximum absolute atomic E-state index is 12.8. The van der Waals surface area contributed by atoms with Crippen molar-refractivity contribution >= 4 is 22.6 Å². The fourth-order valence-corrected chi connectivity index (χ4v) is 3.86. The Kier molecular flexibility index (Phi) is 5.60. The number of pyridine rings is 1. The first-order valence-corrected chi connectivity index (χ1v) is 10.2. The van der Waals surface area contributed by atoms with Gasteiger partial charge in [0.2, 0.25) is 0 Å². The number of nitrogens with one attached hydrogen (secondary N) is 1. The molecule has 1 aliphatic heterocycles. The molecule has 0 radical (unpaired) electrons. The summed E-state index contributed by atoms with van der Waals surface area (Å²) in [5.41, 5.74) is 1.59. The molecule has 0 spiro atoms. The number of rotatable bonds is 4.